The number of alkyl halides is 2. The molecule has 0 aliphatic rings. The van der Waals surface area contributed by atoms with Crippen LogP contribution in [0.25, 0.3) is 0 Å². The molecule has 0 aromatic heterocycles. The molecule has 0 spiro atoms. The van der Waals surface area contributed by atoms with Crippen LogP contribution in [-0.4, -0.2) is 0 Å². The molecular weight excluding hydrogens is 229 g/mol. The Hall–Kier alpha value is -1.97. The summed E-state index contributed by atoms with van der Waals surface area (Å²) in [6.07, 6.45) is -3.55. The molecule has 0 heterocycles. The van der Waals surface area contributed by atoms with Crippen molar-refractivity contribution in [3.8, 4) is 5.75 Å². The molecule has 17 heavy (non-hydrogen) atoms. The van der Waals surface area contributed by atoms with Crippen molar-refractivity contribution in [2.24, 2.45) is 0 Å². The van der Waals surface area contributed by atoms with Crippen LogP contribution in [0, 0.1) is 5.82 Å². The normalized spacial score (nSPS) is 11.2. The van der Waals surface area contributed by atoms with Gasteiger partial charge in [0.05, 0.1) is 5.56 Å². The standard InChI is InChI=1S/C13H9F3O/c14-11-8-4-5-9-12(11)17-13(15,16)10-6-2-1-3-7-10/h1-9H. The molecule has 0 amide bonds. The Morgan fingerprint density at radius 1 is 0.824 bits per heavy atom. The summed E-state index contributed by atoms with van der Waals surface area (Å²) in [5.74, 6) is -1.29. The molecule has 0 aliphatic carbocycles. The van der Waals surface area contributed by atoms with Crippen molar-refractivity contribution in [3.63, 3.8) is 0 Å². The van der Waals surface area contributed by atoms with E-state index in [9.17, 15) is 13.2 Å². The van der Waals surface area contributed by atoms with Crippen LogP contribution in [-0.2, 0) is 6.11 Å². The highest BCUT2D eigenvalue weighted by molar-refractivity contribution is 5.26. The van der Waals surface area contributed by atoms with Gasteiger partial charge in [0.1, 0.15) is 0 Å². The molecule has 2 rings (SSSR count). The zero-order valence-corrected chi connectivity index (χ0v) is 8.74. The summed E-state index contributed by atoms with van der Waals surface area (Å²) >= 11 is 0. The van der Waals surface area contributed by atoms with Gasteiger partial charge in [-0.2, -0.15) is 8.78 Å². The number of halogens is 3. The second-order valence-corrected chi connectivity index (χ2v) is 3.42. The smallest absolute Gasteiger partial charge is 0.426 e. The first-order valence-electron chi connectivity index (χ1n) is 4.96. The van der Waals surface area contributed by atoms with E-state index in [1.165, 1.54) is 36.4 Å². The molecule has 0 N–H and O–H groups in total. The lowest BCUT2D eigenvalue weighted by Gasteiger charge is -2.18. The third kappa shape index (κ3) is 2.58. The lowest BCUT2D eigenvalue weighted by Crippen LogP contribution is -2.22. The van der Waals surface area contributed by atoms with Gasteiger partial charge in [-0.05, 0) is 24.3 Å². The molecule has 2 aromatic carbocycles. The van der Waals surface area contributed by atoms with Gasteiger partial charge in [0.25, 0.3) is 0 Å². The van der Waals surface area contributed by atoms with E-state index in [4.69, 9.17) is 0 Å². The lowest BCUT2D eigenvalue weighted by atomic mass is 10.2. The van der Waals surface area contributed by atoms with Crippen molar-refractivity contribution in [2.45, 2.75) is 6.11 Å². The average Bonchev–Trinajstić information content (AvgIpc) is 2.33. The Kier molecular flexibility index (Phi) is 3.04. The second-order valence-electron chi connectivity index (χ2n) is 3.42. The Morgan fingerprint density at radius 3 is 2.06 bits per heavy atom. The van der Waals surface area contributed by atoms with E-state index < -0.39 is 17.7 Å². The van der Waals surface area contributed by atoms with Crippen LogP contribution in [0.15, 0.2) is 54.6 Å². The van der Waals surface area contributed by atoms with Gasteiger partial charge in [0.15, 0.2) is 11.6 Å². The first kappa shape index (κ1) is 11.5. The van der Waals surface area contributed by atoms with E-state index in [0.717, 1.165) is 12.1 Å². The van der Waals surface area contributed by atoms with E-state index in [0.29, 0.717) is 0 Å². The van der Waals surface area contributed by atoms with Crippen molar-refractivity contribution < 1.29 is 17.9 Å². The maximum Gasteiger partial charge on any atom is 0.426 e. The van der Waals surface area contributed by atoms with E-state index in [2.05, 4.69) is 4.74 Å². The highest BCUT2D eigenvalue weighted by Gasteiger charge is 2.34. The molecule has 2 aromatic rings. The number of benzene rings is 2. The lowest BCUT2D eigenvalue weighted by molar-refractivity contribution is -0.186. The van der Waals surface area contributed by atoms with Gasteiger partial charge in [-0.3, -0.25) is 0 Å². The van der Waals surface area contributed by atoms with Crippen molar-refractivity contribution in [2.75, 3.05) is 0 Å². The van der Waals surface area contributed by atoms with Crippen LogP contribution in [0.5, 0.6) is 5.75 Å². The minimum Gasteiger partial charge on any atom is -0.426 e. The summed E-state index contributed by atoms with van der Waals surface area (Å²) < 4.78 is 44.9. The molecule has 1 nitrogen and oxygen atoms in total. The largest absolute Gasteiger partial charge is 0.426 e. The predicted molar refractivity (Wildman–Crippen MR) is 57.4 cm³/mol. The minimum absolute atomic E-state index is 0.316. The number of hydrogen-bond donors (Lipinski definition) is 0. The summed E-state index contributed by atoms with van der Waals surface area (Å²) in [5, 5.41) is 0. The minimum atomic E-state index is -3.55. The van der Waals surface area contributed by atoms with Gasteiger partial charge in [-0.1, -0.05) is 30.3 Å². The maximum absolute atomic E-state index is 13.6. The summed E-state index contributed by atoms with van der Waals surface area (Å²) in [6.45, 7) is 0. The van der Waals surface area contributed by atoms with Gasteiger partial charge in [-0.25, -0.2) is 4.39 Å². The van der Waals surface area contributed by atoms with Crippen molar-refractivity contribution in [3.05, 3.63) is 66.0 Å². The Bertz CT molecular complexity index is 497. The first-order chi connectivity index (χ1) is 8.09. The van der Waals surface area contributed by atoms with E-state index in [-0.39, 0.29) is 5.56 Å². The summed E-state index contributed by atoms with van der Waals surface area (Å²) in [7, 11) is 0. The van der Waals surface area contributed by atoms with Gasteiger partial charge in [0.2, 0.25) is 0 Å². The van der Waals surface area contributed by atoms with Crippen LogP contribution in [0.3, 0.4) is 0 Å². The van der Waals surface area contributed by atoms with Gasteiger partial charge in [-0.15, -0.1) is 0 Å². The Labute approximate surface area is 96.5 Å². The van der Waals surface area contributed by atoms with E-state index >= 15 is 0 Å². The van der Waals surface area contributed by atoms with Gasteiger partial charge >= 0.3 is 6.11 Å². The quantitative estimate of drug-likeness (QED) is 0.786. The van der Waals surface area contributed by atoms with E-state index in [1.807, 2.05) is 0 Å². The number of para-hydroxylation sites is 1. The molecule has 4 heteroatoms. The molecular formula is C13H9F3O. The highest BCUT2D eigenvalue weighted by Crippen LogP contribution is 2.32. The topological polar surface area (TPSA) is 9.23 Å². The third-order valence-electron chi connectivity index (χ3n) is 2.18. The molecule has 88 valence electrons. The fraction of sp³-hybridized carbons (Fsp3) is 0.0769. The molecule has 0 atom stereocenters. The zero-order valence-electron chi connectivity index (χ0n) is 8.74. The van der Waals surface area contributed by atoms with Gasteiger partial charge < -0.3 is 4.74 Å². The predicted octanol–water partition coefficient (Wildman–Crippen LogP) is 3.95. The molecule has 0 aliphatic heterocycles. The molecule has 0 fully saturated rings. The second kappa shape index (κ2) is 4.49. The molecule has 0 saturated heterocycles. The highest BCUT2D eigenvalue weighted by atomic mass is 19.3. The monoisotopic (exact) mass is 238 g/mol. The number of hydrogen-bond acceptors (Lipinski definition) is 1. The maximum atomic E-state index is 13.6. The number of rotatable bonds is 3. The fourth-order valence-corrected chi connectivity index (χ4v) is 1.36. The summed E-state index contributed by atoms with van der Waals surface area (Å²) in [6, 6.07) is 12.1. The summed E-state index contributed by atoms with van der Waals surface area (Å²) in [4.78, 5) is 0. The third-order valence-corrected chi connectivity index (χ3v) is 2.18. The average molecular weight is 238 g/mol. The first-order valence-corrected chi connectivity index (χ1v) is 4.96. The molecule has 0 bridgehead atoms. The Morgan fingerprint density at radius 2 is 1.41 bits per heavy atom. The van der Waals surface area contributed by atoms with Crippen molar-refractivity contribution >= 4 is 0 Å². The van der Waals surface area contributed by atoms with Crippen molar-refractivity contribution in [1.29, 1.82) is 0 Å². The van der Waals surface area contributed by atoms with Crippen LogP contribution >= 0.6 is 0 Å². The molecule has 0 radical (unpaired) electrons. The fourth-order valence-electron chi connectivity index (χ4n) is 1.36. The van der Waals surface area contributed by atoms with Crippen LogP contribution in [0.4, 0.5) is 13.2 Å². The number of ether oxygens (including phenoxy) is 1. The van der Waals surface area contributed by atoms with Crippen LogP contribution in [0.1, 0.15) is 5.56 Å². The molecule has 0 saturated carbocycles. The SMILES string of the molecule is Fc1ccccc1OC(F)(F)c1ccccc1. The van der Waals surface area contributed by atoms with E-state index in [1.54, 1.807) is 6.07 Å². The molecule has 0 unspecified atom stereocenters. The van der Waals surface area contributed by atoms with Crippen molar-refractivity contribution in [1.82, 2.24) is 0 Å². The Balaban J connectivity index is 2.27. The zero-order chi connectivity index (χ0) is 12.3. The van der Waals surface area contributed by atoms with Crippen LogP contribution in [0.2, 0.25) is 0 Å². The summed E-state index contributed by atoms with van der Waals surface area (Å²) in [5.41, 5.74) is -0.316. The van der Waals surface area contributed by atoms with Gasteiger partial charge in [0, 0.05) is 0 Å². The van der Waals surface area contributed by atoms with Crippen LogP contribution < -0.4 is 4.74 Å².